The summed E-state index contributed by atoms with van der Waals surface area (Å²) in [4.78, 5) is 29.0. The number of carbonyl (C=O) groups is 1. The highest BCUT2D eigenvalue weighted by molar-refractivity contribution is 7.89. The van der Waals surface area contributed by atoms with Gasteiger partial charge in [-0.05, 0) is 31.0 Å². The first-order valence-corrected chi connectivity index (χ1v) is 10.7. The van der Waals surface area contributed by atoms with Gasteiger partial charge in [0.15, 0.2) is 5.65 Å². The molecule has 1 saturated heterocycles. The quantitative estimate of drug-likeness (QED) is 0.551. The maximum atomic E-state index is 12.7. The summed E-state index contributed by atoms with van der Waals surface area (Å²) in [5.41, 5.74) is -0.0873. The van der Waals surface area contributed by atoms with E-state index in [9.17, 15) is 23.1 Å². The predicted octanol–water partition coefficient (Wildman–Crippen LogP) is 0.259. The highest BCUT2D eigenvalue weighted by Gasteiger charge is 2.28. The van der Waals surface area contributed by atoms with Gasteiger partial charge in [-0.25, -0.2) is 13.4 Å². The number of nitrogens with one attached hydrogen (secondary N) is 1. The van der Waals surface area contributed by atoms with E-state index in [0.717, 1.165) is 17.4 Å². The van der Waals surface area contributed by atoms with Crippen molar-refractivity contribution in [2.75, 3.05) is 18.4 Å². The van der Waals surface area contributed by atoms with Gasteiger partial charge in [0, 0.05) is 20.1 Å². The summed E-state index contributed by atoms with van der Waals surface area (Å²) in [5.74, 6) is -0.898. The zero-order valence-corrected chi connectivity index (χ0v) is 17.0. The molecule has 1 aliphatic rings. The van der Waals surface area contributed by atoms with Crippen molar-refractivity contribution in [3.8, 4) is 5.75 Å². The third kappa shape index (κ3) is 3.55. The molecular formula is C18H20N6O5S. The van der Waals surface area contributed by atoms with Gasteiger partial charge in [0.2, 0.25) is 15.9 Å². The van der Waals surface area contributed by atoms with Crippen molar-refractivity contribution in [3.63, 3.8) is 0 Å². The van der Waals surface area contributed by atoms with Crippen LogP contribution in [0, 0.1) is 0 Å². The molecular weight excluding hydrogens is 412 g/mol. The molecule has 2 N–H and O–H groups in total. The lowest BCUT2D eigenvalue weighted by Crippen LogP contribution is -2.29. The number of fused-ring (bicyclic) bond motifs is 1. The summed E-state index contributed by atoms with van der Waals surface area (Å²) >= 11 is 0. The smallest absolute Gasteiger partial charge is 0.264 e. The minimum atomic E-state index is -3.70. The van der Waals surface area contributed by atoms with Gasteiger partial charge in [-0.15, -0.1) is 0 Å². The molecule has 11 nitrogen and oxygen atoms in total. The minimum absolute atomic E-state index is 0.0203. The molecule has 2 aromatic heterocycles. The van der Waals surface area contributed by atoms with Gasteiger partial charge >= 0.3 is 0 Å². The maximum Gasteiger partial charge on any atom is 0.264 e. The summed E-state index contributed by atoms with van der Waals surface area (Å²) in [6, 6.07) is 3.73. The third-order valence-electron chi connectivity index (χ3n) is 4.98. The number of sulfonamides is 1. The van der Waals surface area contributed by atoms with Gasteiger partial charge in [-0.1, -0.05) is 0 Å². The number of hydrogen-bond acceptors (Lipinski definition) is 7. The number of phenols is 1. The topological polar surface area (TPSA) is 139 Å². The lowest BCUT2D eigenvalue weighted by atomic mass is 10.3. The Bertz CT molecular complexity index is 1290. The molecule has 1 aromatic carbocycles. The molecule has 0 atom stereocenters. The van der Waals surface area contributed by atoms with Crippen LogP contribution in [-0.4, -0.2) is 56.2 Å². The van der Waals surface area contributed by atoms with Gasteiger partial charge in [-0.2, -0.15) is 9.40 Å². The molecule has 3 aromatic rings. The Morgan fingerprint density at radius 1 is 1.27 bits per heavy atom. The van der Waals surface area contributed by atoms with Gasteiger partial charge in [-0.3, -0.25) is 18.8 Å². The van der Waals surface area contributed by atoms with Gasteiger partial charge in [0.25, 0.3) is 5.56 Å². The number of aromatic nitrogens is 4. The number of rotatable bonds is 5. The summed E-state index contributed by atoms with van der Waals surface area (Å²) < 4.78 is 29.4. The van der Waals surface area contributed by atoms with E-state index in [1.165, 1.54) is 39.7 Å². The third-order valence-corrected chi connectivity index (χ3v) is 6.87. The molecule has 0 aliphatic carbocycles. The van der Waals surface area contributed by atoms with Crippen LogP contribution in [0.25, 0.3) is 11.0 Å². The Morgan fingerprint density at radius 3 is 2.73 bits per heavy atom. The van der Waals surface area contributed by atoms with Crippen LogP contribution in [0.4, 0.5) is 5.69 Å². The average molecular weight is 432 g/mol. The molecule has 4 rings (SSSR count). The van der Waals surface area contributed by atoms with Crippen LogP contribution in [0.3, 0.4) is 0 Å². The number of amides is 1. The molecule has 1 aliphatic heterocycles. The molecule has 0 bridgehead atoms. The first-order chi connectivity index (χ1) is 14.3. The summed E-state index contributed by atoms with van der Waals surface area (Å²) in [7, 11) is -2.05. The van der Waals surface area contributed by atoms with Crippen molar-refractivity contribution in [2.45, 2.75) is 24.3 Å². The van der Waals surface area contributed by atoms with Crippen LogP contribution >= 0.6 is 0 Å². The molecule has 1 amide bonds. The van der Waals surface area contributed by atoms with Crippen LogP contribution < -0.4 is 10.9 Å². The maximum absolute atomic E-state index is 12.7. The van der Waals surface area contributed by atoms with Crippen molar-refractivity contribution in [1.29, 1.82) is 0 Å². The number of anilines is 1. The Balaban J connectivity index is 1.56. The first-order valence-electron chi connectivity index (χ1n) is 9.27. The molecule has 0 radical (unpaired) electrons. The second-order valence-corrected chi connectivity index (χ2v) is 8.96. The number of nitrogens with zero attached hydrogens (tertiary/aromatic N) is 5. The first kappa shape index (κ1) is 20.0. The Labute approximate surface area is 171 Å². The van der Waals surface area contributed by atoms with Crippen LogP contribution in [0.5, 0.6) is 5.75 Å². The van der Waals surface area contributed by atoms with Crippen molar-refractivity contribution in [2.24, 2.45) is 7.05 Å². The fraction of sp³-hybridized carbons (Fsp3) is 0.333. The number of hydrogen-bond donors (Lipinski definition) is 2. The normalized spacial score (nSPS) is 15.0. The number of carbonyl (C=O) groups excluding carboxylic acids is 1. The Morgan fingerprint density at radius 2 is 2.00 bits per heavy atom. The monoisotopic (exact) mass is 432 g/mol. The lowest BCUT2D eigenvalue weighted by molar-refractivity contribution is -0.116. The van der Waals surface area contributed by atoms with Gasteiger partial charge < -0.3 is 10.4 Å². The number of phenolic OH excluding ortho intramolecular Hbond substituents is 1. The average Bonchev–Trinajstić information content (AvgIpc) is 3.37. The largest absolute Gasteiger partial charge is 0.506 e. The van der Waals surface area contributed by atoms with Crippen molar-refractivity contribution < 1.29 is 18.3 Å². The van der Waals surface area contributed by atoms with Crippen molar-refractivity contribution in [3.05, 3.63) is 41.1 Å². The van der Waals surface area contributed by atoms with E-state index in [-0.39, 0.29) is 28.3 Å². The lowest BCUT2D eigenvalue weighted by Gasteiger charge is -2.17. The van der Waals surface area contributed by atoms with Crippen LogP contribution in [0.1, 0.15) is 12.8 Å². The molecule has 158 valence electrons. The highest BCUT2D eigenvalue weighted by Crippen LogP contribution is 2.29. The zero-order chi connectivity index (χ0) is 21.5. The molecule has 1 fully saturated rings. The molecule has 0 unspecified atom stereocenters. The van der Waals surface area contributed by atoms with E-state index in [2.05, 4.69) is 15.4 Å². The van der Waals surface area contributed by atoms with E-state index in [0.29, 0.717) is 18.7 Å². The van der Waals surface area contributed by atoms with E-state index in [1.807, 2.05) is 0 Å². The van der Waals surface area contributed by atoms with Crippen LogP contribution in [0.2, 0.25) is 0 Å². The molecule has 3 heterocycles. The summed E-state index contributed by atoms with van der Waals surface area (Å²) in [6.45, 7) is 0.522. The molecule has 0 saturated carbocycles. The molecule has 30 heavy (non-hydrogen) atoms. The SMILES string of the molecule is Cn1ncc2c(=O)n(CC(=O)Nc3cc(S(=O)(=O)N4CCCC4)ccc3O)cnc21. The summed E-state index contributed by atoms with van der Waals surface area (Å²) in [6.07, 6.45) is 4.20. The number of benzene rings is 1. The fourth-order valence-corrected chi connectivity index (χ4v) is 4.92. The van der Waals surface area contributed by atoms with E-state index < -0.39 is 21.5 Å². The Kier molecular flexibility index (Phi) is 5.03. The summed E-state index contributed by atoms with van der Waals surface area (Å²) in [5, 5.41) is 16.8. The van der Waals surface area contributed by atoms with E-state index in [4.69, 9.17) is 0 Å². The molecule has 12 heteroatoms. The second kappa shape index (κ2) is 7.54. The predicted molar refractivity (Wildman–Crippen MR) is 107 cm³/mol. The Hall–Kier alpha value is -3.25. The van der Waals surface area contributed by atoms with E-state index >= 15 is 0 Å². The fourth-order valence-electron chi connectivity index (χ4n) is 3.38. The van der Waals surface area contributed by atoms with Crippen LogP contribution in [0.15, 0.2) is 40.4 Å². The minimum Gasteiger partial charge on any atom is -0.506 e. The van der Waals surface area contributed by atoms with Crippen molar-refractivity contribution in [1.82, 2.24) is 23.6 Å². The van der Waals surface area contributed by atoms with E-state index in [1.54, 1.807) is 7.05 Å². The van der Waals surface area contributed by atoms with Crippen LogP contribution in [-0.2, 0) is 28.4 Å². The van der Waals surface area contributed by atoms with Crippen molar-refractivity contribution >= 4 is 32.7 Å². The molecule has 0 spiro atoms. The second-order valence-electron chi connectivity index (χ2n) is 7.02. The number of aromatic hydroxyl groups is 1. The van der Waals surface area contributed by atoms with Gasteiger partial charge in [0.05, 0.1) is 16.8 Å². The highest BCUT2D eigenvalue weighted by atomic mass is 32.2. The number of aryl methyl sites for hydroxylation is 1. The zero-order valence-electron chi connectivity index (χ0n) is 16.1. The standard InChI is InChI=1S/C18H20N6O5S/c1-22-17-13(9-20-22)18(27)23(11-19-17)10-16(26)21-14-8-12(4-5-15(14)25)30(28,29)24-6-2-3-7-24/h4-5,8-9,11,25H,2-3,6-7,10H2,1H3,(H,21,26). The van der Waals surface area contributed by atoms with Gasteiger partial charge in [0.1, 0.15) is 24.0 Å².